The van der Waals surface area contributed by atoms with Crippen LogP contribution in [-0.4, -0.2) is 5.78 Å². The lowest BCUT2D eigenvalue weighted by molar-refractivity contribution is 0.103. The third-order valence-electron chi connectivity index (χ3n) is 2.57. The lowest BCUT2D eigenvalue weighted by atomic mass is 10.0. The summed E-state index contributed by atoms with van der Waals surface area (Å²) in [6, 6.07) is 3.76. The number of hydrogen-bond donors (Lipinski definition) is 0. The second kappa shape index (κ2) is 3.91. The molecule has 0 radical (unpaired) electrons. The average molecular weight is 234 g/mol. The van der Waals surface area contributed by atoms with Crippen LogP contribution in [0.2, 0.25) is 0 Å². The molecule has 0 atom stereocenters. The zero-order valence-electron chi connectivity index (χ0n) is 9.88. The van der Waals surface area contributed by atoms with Gasteiger partial charge in [0, 0.05) is 15.3 Å². The van der Waals surface area contributed by atoms with Crippen LogP contribution in [0.4, 0.5) is 0 Å². The van der Waals surface area contributed by atoms with E-state index >= 15 is 0 Å². The molecular weight excluding hydrogens is 220 g/mol. The molecule has 0 saturated carbocycles. The minimum atomic E-state index is 0.0659. The Morgan fingerprint density at radius 1 is 1.12 bits per heavy atom. The fraction of sp³-hybridized carbons (Fsp3) is 0.308. The van der Waals surface area contributed by atoms with Gasteiger partial charge in [0.05, 0.1) is 5.56 Å². The summed E-state index contributed by atoms with van der Waals surface area (Å²) < 4.78 is 5.39. The summed E-state index contributed by atoms with van der Waals surface area (Å²) in [7, 11) is 0. The molecule has 2 nitrogen and oxygen atoms in total. The molecular formula is C13H14O2S. The first-order valence-electron chi connectivity index (χ1n) is 5.18. The Morgan fingerprint density at radius 3 is 2.25 bits per heavy atom. The van der Waals surface area contributed by atoms with Gasteiger partial charge in [0.2, 0.25) is 0 Å². The van der Waals surface area contributed by atoms with Gasteiger partial charge in [-0.3, -0.25) is 4.79 Å². The summed E-state index contributed by atoms with van der Waals surface area (Å²) in [6.07, 6.45) is 0. The van der Waals surface area contributed by atoms with Crippen molar-refractivity contribution in [1.29, 1.82) is 0 Å². The van der Waals surface area contributed by atoms with Gasteiger partial charge in [0.1, 0.15) is 11.5 Å². The van der Waals surface area contributed by atoms with Gasteiger partial charge in [-0.2, -0.15) is 0 Å². The van der Waals surface area contributed by atoms with E-state index in [1.165, 1.54) is 4.88 Å². The van der Waals surface area contributed by atoms with E-state index in [9.17, 15) is 4.79 Å². The minimum absolute atomic E-state index is 0.0659. The number of ketones is 1. The fourth-order valence-corrected chi connectivity index (χ4v) is 2.78. The molecule has 2 rings (SSSR count). The van der Waals surface area contributed by atoms with Crippen molar-refractivity contribution in [1.82, 2.24) is 0 Å². The van der Waals surface area contributed by atoms with Crippen LogP contribution < -0.4 is 0 Å². The highest BCUT2D eigenvalue weighted by Gasteiger charge is 2.18. The number of carbonyl (C=O) groups is 1. The maximum atomic E-state index is 12.3. The SMILES string of the molecule is Cc1cc(C(=O)c2cc(C)sc2C)c(C)o1. The van der Waals surface area contributed by atoms with Gasteiger partial charge in [-0.05, 0) is 39.8 Å². The monoisotopic (exact) mass is 234 g/mol. The van der Waals surface area contributed by atoms with Gasteiger partial charge < -0.3 is 4.42 Å². The summed E-state index contributed by atoms with van der Waals surface area (Å²) in [5.41, 5.74) is 1.48. The molecule has 0 amide bonds. The van der Waals surface area contributed by atoms with Gasteiger partial charge in [-0.15, -0.1) is 11.3 Å². The molecule has 84 valence electrons. The lowest BCUT2D eigenvalue weighted by Gasteiger charge is -1.97. The average Bonchev–Trinajstić information content (AvgIpc) is 2.68. The van der Waals surface area contributed by atoms with Crippen molar-refractivity contribution in [3.05, 3.63) is 44.5 Å². The van der Waals surface area contributed by atoms with Crippen molar-refractivity contribution in [3.8, 4) is 0 Å². The first-order valence-corrected chi connectivity index (χ1v) is 5.99. The fourth-order valence-electron chi connectivity index (χ4n) is 1.86. The maximum absolute atomic E-state index is 12.3. The molecule has 0 N–H and O–H groups in total. The van der Waals surface area contributed by atoms with Crippen molar-refractivity contribution >= 4 is 17.1 Å². The van der Waals surface area contributed by atoms with Gasteiger partial charge in [-0.1, -0.05) is 0 Å². The van der Waals surface area contributed by atoms with Crippen molar-refractivity contribution in [2.45, 2.75) is 27.7 Å². The van der Waals surface area contributed by atoms with Crippen molar-refractivity contribution < 1.29 is 9.21 Å². The van der Waals surface area contributed by atoms with Crippen LogP contribution in [0.5, 0.6) is 0 Å². The minimum Gasteiger partial charge on any atom is -0.466 e. The number of rotatable bonds is 2. The Labute approximate surface area is 98.9 Å². The van der Waals surface area contributed by atoms with E-state index in [2.05, 4.69) is 0 Å². The summed E-state index contributed by atoms with van der Waals surface area (Å²) in [5.74, 6) is 1.55. The normalized spacial score (nSPS) is 10.8. The molecule has 0 bridgehead atoms. The van der Waals surface area contributed by atoms with Crippen LogP contribution in [0, 0.1) is 27.7 Å². The van der Waals surface area contributed by atoms with Crippen LogP contribution in [0.1, 0.15) is 37.2 Å². The maximum Gasteiger partial charge on any atom is 0.197 e. The predicted molar refractivity (Wildman–Crippen MR) is 65.4 cm³/mol. The van der Waals surface area contributed by atoms with Crippen molar-refractivity contribution in [3.63, 3.8) is 0 Å². The summed E-state index contributed by atoms with van der Waals surface area (Å²) in [6.45, 7) is 7.68. The van der Waals surface area contributed by atoms with Crippen LogP contribution in [0.3, 0.4) is 0 Å². The number of aryl methyl sites for hydroxylation is 4. The van der Waals surface area contributed by atoms with Crippen molar-refractivity contribution in [2.75, 3.05) is 0 Å². The lowest BCUT2D eigenvalue weighted by Crippen LogP contribution is -2.01. The third-order valence-corrected chi connectivity index (χ3v) is 3.54. The number of furan rings is 1. The Morgan fingerprint density at radius 2 is 1.81 bits per heavy atom. The second-order valence-corrected chi connectivity index (χ2v) is 5.44. The van der Waals surface area contributed by atoms with Crippen LogP contribution in [0.15, 0.2) is 16.5 Å². The Balaban J connectivity index is 2.46. The highest BCUT2D eigenvalue weighted by Crippen LogP contribution is 2.25. The molecule has 16 heavy (non-hydrogen) atoms. The van der Waals surface area contributed by atoms with E-state index in [0.717, 1.165) is 16.2 Å². The summed E-state index contributed by atoms with van der Waals surface area (Å²) in [5, 5.41) is 0. The van der Waals surface area contributed by atoms with Gasteiger partial charge >= 0.3 is 0 Å². The zero-order valence-corrected chi connectivity index (χ0v) is 10.7. The first-order chi connectivity index (χ1) is 7.49. The Hall–Kier alpha value is -1.35. The Kier molecular flexibility index (Phi) is 2.72. The van der Waals surface area contributed by atoms with E-state index in [1.807, 2.05) is 39.8 Å². The summed E-state index contributed by atoms with van der Waals surface area (Å²) in [4.78, 5) is 14.5. The Bertz CT molecular complexity index is 498. The third kappa shape index (κ3) is 1.83. The zero-order chi connectivity index (χ0) is 11.9. The number of hydrogen-bond acceptors (Lipinski definition) is 3. The van der Waals surface area contributed by atoms with Crippen LogP contribution in [-0.2, 0) is 0 Å². The van der Waals surface area contributed by atoms with Crippen LogP contribution >= 0.6 is 11.3 Å². The van der Waals surface area contributed by atoms with E-state index in [-0.39, 0.29) is 5.78 Å². The first kappa shape index (κ1) is 11.1. The van der Waals surface area contributed by atoms with Crippen molar-refractivity contribution in [2.24, 2.45) is 0 Å². The number of thiophene rings is 1. The topological polar surface area (TPSA) is 30.2 Å². The molecule has 2 heterocycles. The molecule has 0 fully saturated rings. The van der Waals surface area contributed by atoms with E-state index in [0.29, 0.717) is 11.3 Å². The molecule has 0 aromatic carbocycles. The van der Waals surface area contributed by atoms with Gasteiger partial charge in [-0.25, -0.2) is 0 Å². The smallest absolute Gasteiger partial charge is 0.197 e. The van der Waals surface area contributed by atoms with E-state index in [1.54, 1.807) is 11.3 Å². The van der Waals surface area contributed by atoms with Gasteiger partial charge in [0.25, 0.3) is 0 Å². The molecule has 0 saturated heterocycles. The molecule has 3 heteroatoms. The van der Waals surface area contributed by atoms with E-state index < -0.39 is 0 Å². The highest BCUT2D eigenvalue weighted by molar-refractivity contribution is 7.12. The molecule has 0 aliphatic heterocycles. The quantitative estimate of drug-likeness (QED) is 0.740. The molecule has 0 spiro atoms. The van der Waals surface area contributed by atoms with E-state index in [4.69, 9.17) is 4.42 Å². The molecule has 0 unspecified atom stereocenters. The molecule has 0 aliphatic rings. The largest absolute Gasteiger partial charge is 0.466 e. The summed E-state index contributed by atoms with van der Waals surface area (Å²) >= 11 is 1.65. The second-order valence-electron chi connectivity index (χ2n) is 3.98. The molecule has 2 aromatic rings. The molecule has 2 aromatic heterocycles. The number of carbonyl (C=O) groups excluding carboxylic acids is 1. The highest BCUT2D eigenvalue weighted by atomic mass is 32.1. The predicted octanol–water partition coefficient (Wildman–Crippen LogP) is 3.81. The molecule has 0 aliphatic carbocycles. The van der Waals surface area contributed by atoms with Gasteiger partial charge in [0.15, 0.2) is 5.78 Å². The van der Waals surface area contributed by atoms with Crippen LogP contribution in [0.25, 0.3) is 0 Å². The standard InChI is InChI=1S/C13H14O2S/c1-7-5-11(9(3)15-7)13(14)12-6-8(2)16-10(12)4/h5-6H,1-4H3.